The molecule has 0 aliphatic carbocycles. The van der Waals surface area contributed by atoms with E-state index in [9.17, 15) is 0 Å². The molecule has 0 atom stereocenters. The molecular formula is C14H17Br2NO2. The average Bonchev–Trinajstić information content (AvgIpc) is 2.75. The number of nitrogens with one attached hydrogen (secondary N) is 1. The predicted octanol–water partition coefficient (Wildman–Crippen LogP) is 4.85. The van der Waals surface area contributed by atoms with Crippen molar-refractivity contribution >= 4 is 42.8 Å². The maximum absolute atomic E-state index is 5.65. The summed E-state index contributed by atoms with van der Waals surface area (Å²) in [7, 11) is 1.66. The zero-order valence-electron chi connectivity index (χ0n) is 11.4. The number of furan rings is 1. The molecule has 19 heavy (non-hydrogen) atoms. The van der Waals surface area contributed by atoms with Crippen molar-refractivity contribution in [3.05, 3.63) is 26.8 Å². The maximum atomic E-state index is 5.65. The predicted molar refractivity (Wildman–Crippen MR) is 84.8 cm³/mol. The second kappa shape index (κ2) is 5.46. The zero-order chi connectivity index (χ0) is 14.2. The van der Waals surface area contributed by atoms with Crippen LogP contribution in [0.1, 0.15) is 26.3 Å². The molecule has 0 fully saturated rings. The Hall–Kier alpha value is -0.520. The van der Waals surface area contributed by atoms with Crippen LogP contribution in [0, 0.1) is 0 Å². The van der Waals surface area contributed by atoms with Gasteiger partial charge in [-0.1, -0.05) is 0 Å². The van der Waals surface area contributed by atoms with Crippen molar-refractivity contribution in [3.8, 4) is 5.75 Å². The van der Waals surface area contributed by atoms with Crippen LogP contribution < -0.4 is 10.1 Å². The topological polar surface area (TPSA) is 34.4 Å². The van der Waals surface area contributed by atoms with E-state index in [0.29, 0.717) is 0 Å². The van der Waals surface area contributed by atoms with Crippen molar-refractivity contribution in [2.24, 2.45) is 0 Å². The van der Waals surface area contributed by atoms with E-state index in [2.05, 4.69) is 57.9 Å². The molecule has 104 valence electrons. The Morgan fingerprint density at radius 3 is 2.58 bits per heavy atom. The van der Waals surface area contributed by atoms with Gasteiger partial charge in [-0.05, 0) is 58.7 Å². The van der Waals surface area contributed by atoms with Crippen LogP contribution in [0.3, 0.4) is 0 Å². The lowest BCUT2D eigenvalue weighted by atomic mass is 10.1. The third kappa shape index (κ3) is 3.15. The van der Waals surface area contributed by atoms with Gasteiger partial charge in [0.15, 0.2) is 0 Å². The molecule has 2 rings (SSSR count). The molecule has 1 aromatic carbocycles. The first-order valence-corrected chi connectivity index (χ1v) is 7.59. The van der Waals surface area contributed by atoms with Gasteiger partial charge in [-0.3, -0.25) is 0 Å². The lowest BCUT2D eigenvalue weighted by Gasteiger charge is -2.20. The van der Waals surface area contributed by atoms with E-state index in [0.717, 1.165) is 37.8 Å². The summed E-state index contributed by atoms with van der Waals surface area (Å²) in [6.45, 7) is 7.16. The minimum atomic E-state index is 0.0617. The molecule has 0 unspecified atom stereocenters. The normalized spacial score (nSPS) is 12.1. The highest BCUT2D eigenvalue weighted by atomic mass is 79.9. The summed E-state index contributed by atoms with van der Waals surface area (Å²) in [6, 6.07) is 1.90. The number of methoxy groups -OCH3 is 1. The number of benzene rings is 1. The van der Waals surface area contributed by atoms with Crippen LogP contribution in [0.4, 0.5) is 0 Å². The van der Waals surface area contributed by atoms with Gasteiger partial charge >= 0.3 is 0 Å². The van der Waals surface area contributed by atoms with Gasteiger partial charge in [-0.2, -0.15) is 0 Å². The zero-order valence-corrected chi connectivity index (χ0v) is 14.6. The second-order valence-electron chi connectivity index (χ2n) is 5.44. The lowest BCUT2D eigenvalue weighted by molar-refractivity contribution is 0.412. The Morgan fingerprint density at radius 1 is 1.32 bits per heavy atom. The molecule has 2 aromatic rings. The number of halogens is 2. The summed E-state index contributed by atoms with van der Waals surface area (Å²) >= 11 is 7.10. The Kier molecular flexibility index (Phi) is 4.28. The van der Waals surface area contributed by atoms with Gasteiger partial charge in [0.05, 0.1) is 22.3 Å². The Balaban J connectivity index is 2.49. The quantitative estimate of drug-likeness (QED) is 0.812. The first-order valence-electron chi connectivity index (χ1n) is 6.00. The van der Waals surface area contributed by atoms with Gasteiger partial charge in [-0.25, -0.2) is 0 Å². The van der Waals surface area contributed by atoms with E-state index in [1.54, 1.807) is 13.4 Å². The summed E-state index contributed by atoms with van der Waals surface area (Å²) in [5, 5.41) is 4.51. The number of ether oxygens (including phenoxy) is 1. The van der Waals surface area contributed by atoms with Gasteiger partial charge < -0.3 is 14.5 Å². The largest absolute Gasteiger partial charge is 0.496 e. The van der Waals surface area contributed by atoms with Crippen LogP contribution in [-0.4, -0.2) is 12.6 Å². The molecule has 0 spiro atoms. The van der Waals surface area contributed by atoms with E-state index in [-0.39, 0.29) is 5.54 Å². The molecule has 0 aliphatic heterocycles. The average molecular weight is 391 g/mol. The van der Waals surface area contributed by atoms with E-state index in [1.807, 2.05) is 6.07 Å². The highest BCUT2D eigenvalue weighted by molar-refractivity contribution is 9.11. The van der Waals surface area contributed by atoms with Crippen LogP contribution in [0.2, 0.25) is 0 Å². The van der Waals surface area contributed by atoms with Crippen molar-refractivity contribution in [2.45, 2.75) is 32.9 Å². The van der Waals surface area contributed by atoms with Crippen LogP contribution >= 0.6 is 31.9 Å². The van der Waals surface area contributed by atoms with Crippen LogP contribution in [0.25, 0.3) is 11.0 Å². The molecule has 5 heteroatoms. The van der Waals surface area contributed by atoms with Gasteiger partial charge in [0, 0.05) is 23.0 Å². The van der Waals surface area contributed by atoms with Crippen molar-refractivity contribution in [1.29, 1.82) is 0 Å². The highest BCUT2D eigenvalue weighted by Crippen LogP contribution is 2.40. The first-order chi connectivity index (χ1) is 8.83. The minimum Gasteiger partial charge on any atom is -0.496 e. The smallest absolute Gasteiger partial charge is 0.149 e. The fourth-order valence-electron chi connectivity index (χ4n) is 1.82. The molecule has 0 aliphatic rings. The third-order valence-corrected chi connectivity index (χ3v) is 4.18. The standard InChI is InChI=1S/C14H17Br2NO2/c1-14(2,3)17-6-8-7-19-13-9(15)5-10(18-4)12(16)11(8)13/h5,7,17H,6H2,1-4H3. The molecule has 0 saturated carbocycles. The summed E-state index contributed by atoms with van der Waals surface area (Å²) in [5.74, 6) is 0.790. The van der Waals surface area contributed by atoms with Gasteiger partial charge in [-0.15, -0.1) is 0 Å². The van der Waals surface area contributed by atoms with Crippen LogP contribution in [0.5, 0.6) is 5.75 Å². The number of fused-ring (bicyclic) bond motifs is 1. The van der Waals surface area contributed by atoms with Crippen LogP contribution in [0.15, 0.2) is 25.7 Å². The third-order valence-electron chi connectivity index (χ3n) is 2.81. The molecule has 1 heterocycles. The maximum Gasteiger partial charge on any atom is 0.149 e. The first kappa shape index (κ1) is 14.9. The molecular weight excluding hydrogens is 374 g/mol. The van der Waals surface area contributed by atoms with E-state index >= 15 is 0 Å². The monoisotopic (exact) mass is 389 g/mol. The fourth-order valence-corrected chi connectivity index (χ4v) is 3.03. The minimum absolute atomic E-state index is 0.0617. The Morgan fingerprint density at radius 2 is 2.00 bits per heavy atom. The summed E-state index contributed by atoms with van der Waals surface area (Å²) < 4.78 is 12.8. The van der Waals surface area contributed by atoms with E-state index < -0.39 is 0 Å². The van der Waals surface area contributed by atoms with Crippen molar-refractivity contribution in [2.75, 3.05) is 7.11 Å². The highest BCUT2D eigenvalue weighted by Gasteiger charge is 2.18. The summed E-state index contributed by atoms with van der Waals surface area (Å²) in [5.41, 5.74) is 2.00. The van der Waals surface area contributed by atoms with Crippen molar-refractivity contribution < 1.29 is 9.15 Å². The Bertz CT molecular complexity index is 599. The molecule has 1 aromatic heterocycles. The van der Waals surface area contributed by atoms with Crippen molar-refractivity contribution in [3.63, 3.8) is 0 Å². The van der Waals surface area contributed by atoms with Crippen LogP contribution in [-0.2, 0) is 6.54 Å². The van der Waals surface area contributed by atoms with E-state index in [4.69, 9.17) is 9.15 Å². The number of rotatable bonds is 3. The molecule has 0 radical (unpaired) electrons. The second-order valence-corrected chi connectivity index (χ2v) is 7.09. The van der Waals surface area contributed by atoms with Gasteiger partial charge in [0.1, 0.15) is 11.3 Å². The SMILES string of the molecule is COc1cc(Br)c2occ(CNC(C)(C)C)c2c1Br. The van der Waals surface area contributed by atoms with Gasteiger partial charge in [0.2, 0.25) is 0 Å². The molecule has 0 amide bonds. The Labute approximate surface area is 129 Å². The lowest BCUT2D eigenvalue weighted by Crippen LogP contribution is -2.34. The number of hydrogen-bond acceptors (Lipinski definition) is 3. The molecule has 0 saturated heterocycles. The molecule has 3 nitrogen and oxygen atoms in total. The van der Waals surface area contributed by atoms with Crippen molar-refractivity contribution in [1.82, 2.24) is 5.32 Å². The molecule has 1 N–H and O–H groups in total. The number of hydrogen-bond donors (Lipinski definition) is 1. The fraction of sp³-hybridized carbons (Fsp3) is 0.429. The summed E-state index contributed by atoms with van der Waals surface area (Å²) in [6.07, 6.45) is 1.79. The summed E-state index contributed by atoms with van der Waals surface area (Å²) in [4.78, 5) is 0. The molecule has 0 bridgehead atoms. The van der Waals surface area contributed by atoms with E-state index in [1.165, 1.54) is 0 Å². The van der Waals surface area contributed by atoms with Gasteiger partial charge in [0.25, 0.3) is 0 Å².